The SMILES string of the molecule is C=C(c1cccs1)n1ccc2ccccc21. The predicted octanol–water partition coefficient (Wildman–Crippen LogP) is 4.22. The van der Waals surface area contributed by atoms with Gasteiger partial charge in [-0.15, -0.1) is 11.3 Å². The molecule has 0 aliphatic carbocycles. The Bertz CT molecular complexity index is 632. The van der Waals surface area contributed by atoms with E-state index in [-0.39, 0.29) is 0 Å². The van der Waals surface area contributed by atoms with Crippen LogP contribution in [-0.4, -0.2) is 4.57 Å². The molecule has 2 heterocycles. The van der Waals surface area contributed by atoms with Crippen molar-refractivity contribution >= 4 is 27.9 Å². The summed E-state index contributed by atoms with van der Waals surface area (Å²) in [4.78, 5) is 1.21. The number of aromatic nitrogens is 1. The summed E-state index contributed by atoms with van der Waals surface area (Å²) in [6.45, 7) is 4.16. The largest absolute Gasteiger partial charge is 0.316 e. The first-order valence-electron chi connectivity index (χ1n) is 5.15. The molecule has 0 saturated heterocycles. The van der Waals surface area contributed by atoms with E-state index in [1.807, 2.05) is 0 Å². The Balaban J connectivity index is 2.16. The van der Waals surface area contributed by atoms with E-state index in [9.17, 15) is 0 Å². The number of benzene rings is 1. The zero-order chi connectivity index (χ0) is 11.0. The van der Waals surface area contributed by atoms with Crippen LogP contribution in [-0.2, 0) is 0 Å². The van der Waals surface area contributed by atoms with Gasteiger partial charge in [0.25, 0.3) is 0 Å². The lowest BCUT2D eigenvalue weighted by molar-refractivity contribution is 1.18. The highest BCUT2D eigenvalue weighted by Gasteiger charge is 2.05. The lowest BCUT2D eigenvalue weighted by Crippen LogP contribution is -1.92. The number of nitrogens with zero attached hydrogens (tertiary/aromatic N) is 1. The Morgan fingerprint density at radius 2 is 1.94 bits per heavy atom. The molecule has 0 aliphatic rings. The van der Waals surface area contributed by atoms with Crippen molar-refractivity contribution in [3.8, 4) is 0 Å². The van der Waals surface area contributed by atoms with E-state index in [1.54, 1.807) is 11.3 Å². The lowest BCUT2D eigenvalue weighted by atomic mass is 10.2. The highest BCUT2D eigenvalue weighted by molar-refractivity contribution is 7.11. The number of fused-ring (bicyclic) bond motifs is 1. The molecule has 0 N–H and O–H groups in total. The van der Waals surface area contributed by atoms with Crippen molar-refractivity contribution in [3.05, 3.63) is 65.5 Å². The van der Waals surface area contributed by atoms with Gasteiger partial charge in [-0.1, -0.05) is 30.8 Å². The fraction of sp³-hybridized carbons (Fsp3) is 0. The second kappa shape index (κ2) is 3.65. The van der Waals surface area contributed by atoms with E-state index in [4.69, 9.17) is 0 Å². The lowest BCUT2D eigenvalue weighted by Gasteiger charge is -2.06. The molecule has 3 aromatic rings. The number of para-hydroxylation sites is 1. The third kappa shape index (κ3) is 1.39. The summed E-state index contributed by atoms with van der Waals surface area (Å²) in [6, 6.07) is 14.6. The normalized spacial score (nSPS) is 10.8. The molecule has 0 spiro atoms. The molecule has 0 amide bonds. The number of hydrogen-bond acceptors (Lipinski definition) is 1. The van der Waals surface area contributed by atoms with Gasteiger partial charge in [0, 0.05) is 6.20 Å². The fourth-order valence-corrected chi connectivity index (χ4v) is 2.58. The minimum absolute atomic E-state index is 1.04. The Kier molecular flexibility index (Phi) is 2.15. The van der Waals surface area contributed by atoms with Crippen LogP contribution in [0.5, 0.6) is 0 Å². The number of hydrogen-bond donors (Lipinski definition) is 0. The first-order valence-corrected chi connectivity index (χ1v) is 6.03. The highest BCUT2D eigenvalue weighted by atomic mass is 32.1. The molecule has 3 rings (SSSR count). The van der Waals surface area contributed by atoms with Crippen molar-refractivity contribution < 1.29 is 0 Å². The maximum Gasteiger partial charge on any atom is 0.0556 e. The topological polar surface area (TPSA) is 4.93 Å². The molecular weight excluding hydrogens is 214 g/mol. The minimum Gasteiger partial charge on any atom is -0.316 e. The van der Waals surface area contributed by atoms with Crippen molar-refractivity contribution in [2.45, 2.75) is 0 Å². The molecule has 1 aromatic carbocycles. The molecule has 1 nitrogen and oxygen atoms in total. The molecule has 0 atom stereocenters. The van der Waals surface area contributed by atoms with Crippen molar-refractivity contribution in [2.75, 3.05) is 0 Å². The van der Waals surface area contributed by atoms with Gasteiger partial charge in [0.15, 0.2) is 0 Å². The van der Waals surface area contributed by atoms with Crippen molar-refractivity contribution in [1.82, 2.24) is 4.57 Å². The summed E-state index contributed by atoms with van der Waals surface area (Å²) < 4.78 is 2.14. The van der Waals surface area contributed by atoms with E-state index >= 15 is 0 Å². The fourth-order valence-electron chi connectivity index (χ4n) is 1.88. The zero-order valence-corrected chi connectivity index (χ0v) is 9.58. The van der Waals surface area contributed by atoms with E-state index in [0.29, 0.717) is 0 Å². The standard InChI is InChI=1S/C14H11NS/c1-11(14-7-4-10-16-14)15-9-8-12-5-2-3-6-13(12)15/h2-10H,1H2. The number of rotatable bonds is 2. The molecule has 0 saturated carbocycles. The van der Waals surface area contributed by atoms with Crippen LogP contribution >= 0.6 is 11.3 Å². The van der Waals surface area contributed by atoms with Crippen LogP contribution in [0.4, 0.5) is 0 Å². The minimum atomic E-state index is 1.04. The zero-order valence-electron chi connectivity index (χ0n) is 8.76. The van der Waals surface area contributed by atoms with Crippen LogP contribution in [0.2, 0.25) is 0 Å². The van der Waals surface area contributed by atoms with Crippen molar-refractivity contribution in [2.24, 2.45) is 0 Å². The average molecular weight is 225 g/mol. The van der Waals surface area contributed by atoms with E-state index in [1.165, 1.54) is 15.8 Å². The molecule has 16 heavy (non-hydrogen) atoms. The summed E-state index contributed by atoms with van der Waals surface area (Å²) in [5.74, 6) is 0. The van der Waals surface area contributed by atoms with Gasteiger partial charge in [0.1, 0.15) is 0 Å². The van der Waals surface area contributed by atoms with Gasteiger partial charge in [-0.05, 0) is 29.0 Å². The van der Waals surface area contributed by atoms with Gasteiger partial charge in [0.2, 0.25) is 0 Å². The first kappa shape index (κ1) is 9.43. The van der Waals surface area contributed by atoms with Crippen LogP contribution < -0.4 is 0 Å². The summed E-state index contributed by atoms with van der Waals surface area (Å²) in [5, 5.41) is 3.33. The Hall–Kier alpha value is -1.80. The molecule has 0 radical (unpaired) electrons. The molecule has 0 aliphatic heterocycles. The third-order valence-corrected chi connectivity index (χ3v) is 3.61. The van der Waals surface area contributed by atoms with Crippen LogP contribution in [0, 0.1) is 0 Å². The Morgan fingerprint density at radius 1 is 1.06 bits per heavy atom. The third-order valence-electron chi connectivity index (χ3n) is 2.70. The van der Waals surface area contributed by atoms with E-state index < -0.39 is 0 Å². The smallest absolute Gasteiger partial charge is 0.0556 e. The van der Waals surface area contributed by atoms with Crippen molar-refractivity contribution in [3.63, 3.8) is 0 Å². The van der Waals surface area contributed by atoms with Crippen molar-refractivity contribution in [1.29, 1.82) is 0 Å². The first-order chi connectivity index (χ1) is 7.86. The summed E-state index contributed by atoms with van der Waals surface area (Å²) >= 11 is 1.72. The van der Waals surface area contributed by atoms with Crippen LogP contribution in [0.15, 0.2) is 60.6 Å². The summed E-state index contributed by atoms with van der Waals surface area (Å²) in [5.41, 5.74) is 2.25. The molecule has 0 fully saturated rings. The molecular formula is C14H11NS. The molecule has 2 aromatic heterocycles. The number of thiophene rings is 1. The maximum atomic E-state index is 4.16. The molecule has 0 unspecified atom stereocenters. The monoisotopic (exact) mass is 225 g/mol. The molecule has 0 bridgehead atoms. The quantitative estimate of drug-likeness (QED) is 0.615. The summed E-state index contributed by atoms with van der Waals surface area (Å²) in [7, 11) is 0. The van der Waals surface area contributed by atoms with Crippen LogP contribution in [0.25, 0.3) is 16.6 Å². The van der Waals surface area contributed by atoms with Gasteiger partial charge in [-0.2, -0.15) is 0 Å². The van der Waals surface area contributed by atoms with E-state index in [2.05, 4.69) is 65.2 Å². The summed E-state index contributed by atoms with van der Waals surface area (Å²) in [6.07, 6.45) is 2.08. The molecule has 78 valence electrons. The van der Waals surface area contributed by atoms with Crippen LogP contribution in [0.1, 0.15) is 4.88 Å². The maximum absolute atomic E-state index is 4.16. The van der Waals surface area contributed by atoms with Gasteiger partial charge >= 0.3 is 0 Å². The Morgan fingerprint density at radius 3 is 2.75 bits per heavy atom. The predicted molar refractivity (Wildman–Crippen MR) is 70.7 cm³/mol. The van der Waals surface area contributed by atoms with Gasteiger partial charge in [0.05, 0.1) is 16.1 Å². The van der Waals surface area contributed by atoms with Gasteiger partial charge < -0.3 is 4.57 Å². The van der Waals surface area contributed by atoms with Gasteiger partial charge in [-0.25, -0.2) is 0 Å². The van der Waals surface area contributed by atoms with E-state index in [0.717, 1.165) is 5.70 Å². The Labute approximate surface area is 98.3 Å². The second-order valence-electron chi connectivity index (χ2n) is 3.67. The highest BCUT2D eigenvalue weighted by Crippen LogP contribution is 2.25. The molecule has 2 heteroatoms. The van der Waals surface area contributed by atoms with Crippen LogP contribution in [0.3, 0.4) is 0 Å². The van der Waals surface area contributed by atoms with Gasteiger partial charge in [-0.3, -0.25) is 0 Å². The average Bonchev–Trinajstić information content (AvgIpc) is 2.98. The second-order valence-corrected chi connectivity index (χ2v) is 4.62.